The van der Waals surface area contributed by atoms with E-state index >= 15 is 0 Å². The molecule has 0 bridgehead atoms. The fourth-order valence-corrected chi connectivity index (χ4v) is 2.81. The van der Waals surface area contributed by atoms with Gasteiger partial charge in [0.05, 0.1) is 17.2 Å². The minimum Gasteiger partial charge on any atom is -0.444 e. The first kappa shape index (κ1) is 14.5. The third-order valence-electron chi connectivity index (χ3n) is 2.60. The molecule has 0 spiro atoms. The van der Waals surface area contributed by atoms with Crippen molar-refractivity contribution in [3.63, 3.8) is 0 Å². The number of oxazole rings is 1. The Morgan fingerprint density at radius 2 is 2.00 bits per heavy atom. The van der Waals surface area contributed by atoms with Crippen LogP contribution in [0.2, 0.25) is 0 Å². The van der Waals surface area contributed by atoms with Gasteiger partial charge in [0.2, 0.25) is 5.89 Å². The second-order valence-corrected chi connectivity index (χ2v) is 6.38. The van der Waals surface area contributed by atoms with Crippen LogP contribution in [0.4, 0.5) is 4.39 Å². The second kappa shape index (κ2) is 6.00. The number of hydrogen-bond donors (Lipinski definition) is 0. The summed E-state index contributed by atoms with van der Waals surface area (Å²) in [5.74, 6) is -0.278. The number of aromatic nitrogens is 1. The van der Waals surface area contributed by atoms with Gasteiger partial charge in [0.15, 0.2) is 9.84 Å². The lowest BCUT2D eigenvalue weighted by molar-refractivity contribution is 0.571. The number of sulfone groups is 1. The fraction of sp³-hybridized carbons (Fsp3) is 0.214. The maximum Gasteiger partial charge on any atom is 0.226 e. The predicted molar refractivity (Wildman–Crippen MR) is 74.2 cm³/mol. The van der Waals surface area contributed by atoms with Crippen LogP contribution < -0.4 is 0 Å². The van der Waals surface area contributed by atoms with Gasteiger partial charge in [-0.05, 0) is 31.2 Å². The molecule has 1 aromatic heterocycles. The monoisotopic (exact) mass is 295 g/mol. The van der Waals surface area contributed by atoms with E-state index in [1.165, 1.54) is 30.5 Å². The first-order chi connectivity index (χ1) is 9.50. The molecule has 0 N–H and O–H groups in total. The lowest BCUT2D eigenvalue weighted by Gasteiger charge is -1.97. The third-order valence-corrected chi connectivity index (χ3v) is 4.03. The van der Waals surface area contributed by atoms with Crippen molar-refractivity contribution < 1.29 is 17.2 Å². The number of allylic oxidation sites excluding steroid dienone is 1. The quantitative estimate of drug-likeness (QED) is 0.796. The van der Waals surface area contributed by atoms with Crippen LogP contribution in [0.25, 0.3) is 11.5 Å². The molecule has 0 radical (unpaired) electrons. The van der Waals surface area contributed by atoms with Gasteiger partial charge < -0.3 is 4.42 Å². The summed E-state index contributed by atoms with van der Waals surface area (Å²) in [6, 6.07) is 5.64. The van der Waals surface area contributed by atoms with Crippen LogP contribution >= 0.6 is 0 Å². The highest BCUT2D eigenvalue weighted by atomic mass is 32.2. The van der Waals surface area contributed by atoms with E-state index in [0.717, 1.165) is 0 Å². The lowest BCUT2D eigenvalue weighted by atomic mass is 10.2. The Morgan fingerprint density at radius 3 is 2.65 bits per heavy atom. The van der Waals surface area contributed by atoms with Crippen molar-refractivity contribution in [2.45, 2.75) is 12.7 Å². The van der Waals surface area contributed by atoms with E-state index in [4.69, 9.17) is 4.42 Å². The van der Waals surface area contributed by atoms with Crippen LogP contribution in [0.3, 0.4) is 0 Å². The molecule has 1 heterocycles. The summed E-state index contributed by atoms with van der Waals surface area (Å²) in [5.41, 5.74) is 0.942. The van der Waals surface area contributed by atoms with Gasteiger partial charge in [0.1, 0.15) is 12.1 Å². The fourth-order valence-electron chi connectivity index (χ4n) is 1.63. The molecule has 0 saturated heterocycles. The minimum absolute atomic E-state index is 0.0256. The van der Waals surface area contributed by atoms with Crippen LogP contribution in [0.1, 0.15) is 12.6 Å². The first-order valence-electron chi connectivity index (χ1n) is 6.02. The maximum atomic E-state index is 12.8. The molecule has 0 saturated carbocycles. The van der Waals surface area contributed by atoms with E-state index in [1.54, 1.807) is 19.1 Å². The molecule has 2 rings (SSSR count). The highest BCUT2D eigenvalue weighted by Gasteiger charge is 2.14. The van der Waals surface area contributed by atoms with Gasteiger partial charge in [0.25, 0.3) is 0 Å². The summed E-state index contributed by atoms with van der Waals surface area (Å²) in [6.45, 7) is 1.76. The van der Waals surface area contributed by atoms with E-state index in [0.29, 0.717) is 11.3 Å². The Bertz CT molecular complexity index is 702. The van der Waals surface area contributed by atoms with E-state index in [-0.39, 0.29) is 23.2 Å². The largest absolute Gasteiger partial charge is 0.444 e. The highest BCUT2D eigenvalue weighted by Crippen LogP contribution is 2.19. The molecule has 0 atom stereocenters. The average molecular weight is 295 g/mol. The van der Waals surface area contributed by atoms with Gasteiger partial charge in [-0.2, -0.15) is 0 Å². The topological polar surface area (TPSA) is 60.2 Å². The average Bonchev–Trinajstić information content (AvgIpc) is 2.85. The zero-order valence-electron chi connectivity index (χ0n) is 10.9. The van der Waals surface area contributed by atoms with E-state index in [9.17, 15) is 12.8 Å². The molecule has 0 aliphatic carbocycles. The lowest BCUT2D eigenvalue weighted by Crippen LogP contribution is -2.07. The minimum atomic E-state index is -3.24. The zero-order valence-corrected chi connectivity index (χ0v) is 11.7. The molecule has 0 amide bonds. The smallest absolute Gasteiger partial charge is 0.226 e. The van der Waals surface area contributed by atoms with Gasteiger partial charge in [-0.3, -0.25) is 0 Å². The summed E-state index contributed by atoms with van der Waals surface area (Å²) < 4.78 is 41.6. The number of rotatable bonds is 5. The molecule has 4 nitrogen and oxygen atoms in total. The van der Waals surface area contributed by atoms with Gasteiger partial charge in [-0.15, -0.1) is 0 Å². The van der Waals surface area contributed by atoms with E-state index < -0.39 is 9.84 Å². The van der Waals surface area contributed by atoms with Crippen LogP contribution in [0, 0.1) is 5.82 Å². The van der Waals surface area contributed by atoms with Gasteiger partial charge in [0, 0.05) is 5.56 Å². The van der Waals surface area contributed by atoms with Crippen LogP contribution in [0.5, 0.6) is 0 Å². The molecule has 106 valence electrons. The molecular weight excluding hydrogens is 281 g/mol. The summed E-state index contributed by atoms with van der Waals surface area (Å²) >= 11 is 0. The van der Waals surface area contributed by atoms with Crippen LogP contribution in [-0.2, 0) is 15.6 Å². The molecule has 0 unspecified atom stereocenters. The van der Waals surface area contributed by atoms with Crippen molar-refractivity contribution >= 4 is 9.84 Å². The van der Waals surface area contributed by atoms with E-state index in [2.05, 4.69) is 4.98 Å². The molecular formula is C14H14FNO3S. The van der Waals surface area contributed by atoms with Crippen LogP contribution in [-0.4, -0.2) is 19.2 Å². The van der Waals surface area contributed by atoms with Crippen molar-refractivity contribution in [3.05, 3.63) is 54.2 Å². The second-order valence-electron chi connectivity index (χ2n) is 4.27. The Labute approximate surface area is 116 Å². The zero-order chi connectivity index (χ0) is 14.6. The third kappa shape index (κ3) is 3.77. The number of benzene rings is 1. The molecule has 1 aromatic carbocycles. The summed E-state index contributed by atoms with van der Waals surface area (Å²) in [5, 5.41) is 0. The van der Waals surface area contributed by atoms with Crippen LogP contribution in [0.15, 0.2) is 47.1 Å². The van der Waals surface area contributed by atoms with Gasteiger partial charge >= 0.3 is 0 Å². The van der Waals surface area contributed by atoms with Crippen molar-refractivity contribution in [2.75, 3.05) is 5.75 Å². The molecule has 20 heavy (non-hydrogen) atoms. The van der Waals surface area contributed by atoms with Crippen molar-refractivity contribution in [2.24, 2.45) is 0 Å². The van der Waals surface area contributed by atoms with Crippen molar-refractivity contribution in [3.8, 4) is 11.5 Å². The Kier molecular flexibility index (Phi) is 4.34. The Morgan fingerprint density at radius 1 is 1.30 bits per heavy atom. The van der Waals surface area contributed by atoms with Gasteiger partial charge in [-0.25, -0.2) is 17.8 Å². The van der Waals surface area contributed by atoms with Crippen molar-refractivity contribution in [1.82, 2.24) is 4.98 Å². The number of nitrogens with zero attached hydrogens (tertiary/aromatic N) is 1. The Hall–Kier alpha value is -1.95. The Balaban J connectivity index is 2.15. The van der Waals surface area contributed by atoms with Gasteiger partial charge in [-0.1, -0.05) is 12.2 Å². The SMILES string of the molecule is C/C=C\CS(=O)(=O)Cc1coc(-c2ccc(F)cc2)n1. The summed E-state index contributed by atoms with van der Waals surface area (Å²) in [6.07, 6.45) is 4.58. The molecule has 0 aliphatic rings. The first-order valence-corrected chi connectivity index (χ1v) is 7.84. The normalized spacial score (nSPS) is 12.1. The maximum absolute atomic E-state index is 12.8. The standard InChI is InChI=1S/C14H14FNO3S/c1-2-3-8-20(17,18)10-13-9-19-14(16-13)11-4-6-12(15)7-5-11/h2-7,9H,8,10H2,1H3/b3-2-. The van der Waals surface area contributed by atoms with E-state index in [1.807, 2.05) is 0 Å². The molecule has 6 heteroatoms. The molecule has 0 aliphatic heterocycles. The number of hydrogen-bond acceptors (Lipinski definition) is 4. The van der Waals surface area contributed by atoms with Crippen molar-refractivity contribution in [1.29, 1.82) is 0 Å². The molecule has 2 aromatic rings. The molecule has 0 fully saturated rings. The summed E-state index contributed by atoms with van der Waals surface area (Å²) in [4.78, 5) is 4.11. The summed E-state index contributed by atoms with van der Waals surface area (Å²) in [7, 11) is -3.24. The number of halogens is 1. The predicted octanol–water partition coefficient (Wildman–Crippen LogP) is 2.97. The highest BCUT2D eigenvalue weighted by molar-refractivity contribution is 7.90.